The number of carboxylic acids is 1. The van der Waals surface area contributed by atoms with E-state index < -0.39 is 45.9 Å². The topological polar surface area (TPSA) is 123 Å². The van der Waals surface area contributed by atoms with Crippen LogP contribution in [0.25, 0.3) is 5.65 Å². The predicted octanol–water partition coefficient (Wildman–Crippen LogP) is 4.67. The van der Waals surface area contributed by atoms with E-state index in [1.807, 2.05) is 0 Å². The van der Waals surface area contributed by atoms with Crippen molar-refractivity contribution < 1.29 is 41.0 Å². The summed E-state index contributed by atoms with van der Waals surface area (Å²) in [5.41, 5.74) is 0.708. The van der Waals surface area contributed by atoms with Crippen LogP contribution in [0.2, 0.25) is 5.02 Å². The van der Waals surface area contributed by atoms with E-state index in [0.29, 0.717) is 22.3 Å². The third kappa shape index (κ3) is 5.22. The molecule has 4 heterocycles. The van der Waals surface area contributed by atoms with Crippen molar-refractivity contribution in [1.29, 1.82) is 0 Å². The number of aryl methyl sites for hydroxylation is 1. The van der Waals surface area contributed by atoms with Gasteiger partial charge in [0.1, 0.15) is 10.6 Å². The third-order valence-electron chi connectivity index (χ3n) is 7.68. The van der Waals surface area contributed by atoms with E-state index in [4.69, 9.17) is 21.1 Å². The van der Waals surface area contributed by atoms with Gasteiger partial charge in [0.2, 0.25) is 15.8 Å². The highest BCUT2D eigenvalue weighted by Crippen LogP contribution is 2.40. The van der Waals surface area contributed by atoms with Gasteiger partial charge in [-0.25, -0.2) is 8.42 Å². The summed E-state index contributed by atoms with van der Waals surface area (Å²) in [7, 11) is -4.04. The molecule has 2 aromatic carbocycles. The molecule has 1 spiro atoms. The molecule has 0 unspecified atom stereocenters. The van der Waals surface area contributed by atoms with Crippen molar-refractivity contribution in [3.63, 3.8) is 0 Å². The highest BCUT2D eigenvalue weighted by Gasteiger charge is 2.49. The highest BCUT2D eigenvalue weighted by molar-refractivity contribution is 7.89. The van der Waals surface area contributed by atoms with Crippen molar-refractivity contribution in [2.75, 3.05) is 19.8 Å². The summed E-state index contributed by atoms with van der Waals surface area (Å²) in [6, 6.07) is 12.5. The van der Waals surface area contributed by atoms with Crippen molar-refractivity contribution in [1.82, 2.24) is 18.9 Å². The number of aliphatic carboxylic acids is 1. The van der Waals surface area contributed by atoms with E-state index in [0.717, 1.165) is 10.6 Å². The summed E-state index contributed by atoms with van der Waals surface area (Å²) in [5, 5.41) is 17.0. The van der Waals surface area contributed by atoms with Gasteiger partial charge in [-0.05, 0) is 53.4 Å². The van der Waals surface area contributed by atoms with E-state index in [1.54, 1.807) is 43.3 Å². The Kier molecular flexibility index (Phi) is 7.15. The van der Waals surface area contributed by atoms with Crippen LogP contribution >= 0.6 is 11.6 Å². The number of halogens is 4. The molecule has 0 radical (unpaired) electrons. The minimum absolute atomic E-state index is 0.00488. The van der Waals surface area contributed by atoms with Crippen LogP contribution < -0.4 is 4.74 Å². The normalized spacial score (nSPS) is 18.4. The molecular formula is C28H24ClF3N4O6S. The van der Waals surface area contributed by atoms with Gasteiger partial charge in [0.25, 0.3) is 0 Å². The second-order valence-electron chi connectivity index (χ2n) is 10.6. The van der Waals surface area contributed by atoms with E-state index in [2.05, 4.69) is 10.2 Å². The van der Waals surface area contributed by atoms with Gasteiger partial charge in [0, 0.05) is 23.7 Å². The number of ether oxygens (including phenoxy) is 2. The first kappa shape index (κ1) is 29.4. The number of aromatic nitrogens is 3. The monoisotopic (exact) mass is 636 g/mol. The second kappa shape index (κ2) is 10.5. The second-order valence-corrected chi connectivity index (χ2v) is 12.9. The van der Waals surface area contributed by atoms with E-state index in [9.17, 15) is 31.5 Å². The SMILES string of the molecule is Cc1c([C@@H](CC(=O)O)c2ccc(Cl)c(CN3CC4(COC4)Oc4ccccc4S3(=O)=O)c2)ccn2c(C(F)(F)F)nnc12. The Morgan fingerprint density at radius 1 is 1.16 bits per heavy atom. The van der Waals surface area contributed by atoms with Crippen molar-refractivity contribution in [2.24, 2.45) is 0 Å². The lowest BCUT2D eigenvalue weighted by molar-refractivity contribution is -0.165. The molecular weight excluding hydrogens is 613 g/mol. The van der Waals surface area contributed by atoms with Crippen LogP contribution in [0.15, 0.2) is 59.6 Å². The number of hydrogen-bond donors (Lipinski definition) is 1. The molecule has 2 aliphatic heterocycles. The minimum atomic E-state index is -4.73. The first-order chi connectivity index (χ1) is 20.3. The van der Waals surface area contributed by atoms with Crippen LogP contribution in [-0.2, 0) is 32.3 Å². The lowest BCUT2D eigenvalue weighted by atomic mass is 9.86. The van der Waals surface area contributed by atoms with Gasteiger partial charge in [0.15, 0.2) is 11.2 Å². The van der Waals surface area contributed by atoms with Crippen molar-refractivity contribution in [2.45, 2.75) is 42.5 Å². The minimum Gasteiger partial charge on any atom is -0.481 e. The van der Waals surface area contributed by atoms with Crippen molar-refractivity contribution in [3.05, 3.63) is 87.8 Å². The first-order valence-electron chi connectivity index (χ1n) is 13.1. The number of pyridine rings is 1. The third-order valence-corrected chi connectivity index (χ3v) is 9.88. The molecule has 0 aliphatic carbocycles. The van der Waals surface area contributed by atoms with E-state index >= 15 is 0 Å². The first-order valence-corrected chi connectivity index (χ1v) is 14.9. The van der Waals surface area contributed by atoms with Crippen molar-refractivity contribution in [3.8, 4) is 5.75 Å². The molecule has 6 rings (SSSR count). The van der Waals surface area contributed by atoms with Gasteiger partial charge in [-0.15, -0.1) is 10.2 Å². The summed E-state index contributed by atoms with van der Waals surface area (Å²) >= 11 is 6.56. The Labute approximate surface area is 248 Å². The molecule has 0 amide bonds. The predicted molar refractivity (Wildman–Crippen MR) is 146 cm³/mol. The number of alkyl halides is 3. The van der Waals surface area contributed by atoms with Crippen LogP contribution in [-0.4, -0.2) is 63.8 Å². The number of carbonyl (C=O) groups is 1. The molecule has 15 heteroatoms. The molecule has 0 saturated carbocycles. The number of hydrogen-bond acceptors (Lipinski definition) is 7. The molecule has 0 bridgehead atoms. The molecule has 1 N–H and O–H groups in total. The molecule has 1 saturated heterocycles. The Hall–Kier alpha value is -3.72. The molecule has 1 fully saturated rings. The van der Waals surface area contributed by atoms with Crippen LogP contribution in [0.4, 0.5) is 13.2 Å². The fraction of sp³-hybridized carbons (Fsp3) is 0.321. The van der Waals surface area contributed by atoms with Crippen LogP contribution in [0.1, 0.15) is 40.4 Å². The molecule has 226 valence electrons. The fourth-order valence-corrected chi connectivity index (χ4v) is 7.34. The maximum absolute atomic E-state index is 13.8. The van der Waals surface area contributed by atoms with Gasteiger partial charge in [-0.2, -0.15) is 17.5 Å². The number of sulfonamides is 1. The largest absolute Gasteiger partial charge is 0.481 e. The Bertz CT molecular complexity index is 1860. The Balaban J connectivity index is 1.40. The molecule has 10 nitrogen and oxygen atoms in total. The van der Waals surface area contributed by atoms with Gasteiger partial charge < -0.3 is 14.6 Å². The molecule has 4 aromatic rings. The molecule has 2 aliphatic rings. The lowest BCUT2D eigenvalue weighted by Gasteiger charge is -2.41. The Morgan fingerprint density at radius 2 is 1.91 bits per heavy atom. The zero-order valence-corrected chi connectivity index (χ0v) is 24.1. The maximum Gasteiger partial charge on any atom is 0.452 e. The standard InChI is InChI=1S/C28H24ClF3N4O6S/c1-16-19(8-9-36-25(16)33-34-26(36)28(30,31)32)20(11-24(37)38)17-6-7-21(29)18(10-17)12-35-13-27(14-41-15-27)42-22-4-2-3-5-23(22)43(35,39)40/h2-10,20H,11-15H2,1H3,(H,37,38)/t20-/m0/s1. The summed E-state index contributed by atoms with van der Waals surface area (Å²) in [5.74, 6) is -2.93. The van der Waals surface area contributed by atoms with Gasteiger partial charge in [-0.1, -0.05) is 35.9 Å². The number of nitrogens with zero attached hydrogens (tertiary/aromatic N) is 4. The summed E-state index contributed by atoms with van der Waals surface area (Å²) in [6.45, 7) is 1.79. The number of para-hydroxylation sites is 1. The molecule has 1 atom stereocenters. The van der Waals surface area contributed by atoms with Gasteiger partial charge in [0.05, 0.1) is 26.2 Å². The zero-order valence-electron chi connectivity index (χ0n) is 22.5. The van der Waals surface area contributed by atoms with Gasteiger partial charge in [-0.3, -0.25) is 9.20 Å². The number of rotatable bonds is 6. The quantitative estimate of drug-likeness (QED) is 0.324. The highest BCUT2D eigenvalue weighted by atomic mass is 35.5. The fourth-order valence-electron chi connectivity index (χ4n) is 5.55. The van der Waals surface area contributed by atoms with Crippen LogP contribution in [0.5, 0.6) is 5.75 Å². The van der Waals surface area contributed by atoms with Crippen molar-refractivity contribution >= 4 is 33.2 Å². The molecule has 43 heavy (non-hydrogen) atoms. The van der Waals surface area contributed by atoms with Gasteiger partial charge >= 0.3 is 12.1 Å². The Morgan fingerprint density at radius 3 is 2.58 bits per heavy atom. The number of carboxylic acid groups (broad SMARTS) is 1. The van der Waals surface area contributed by atoms with E-state index in [-0.39, 0.29) is 47.6 Å². The van der Waals surface area contributed by atoms with Crippen LogP contribution in [0, 0.1) is 6.92 Å². The number of fused-ring (bicyclic) bond motifs is 2. The summed E-state index contributed by atoms with van der Waals surface area (Å²) in [6.07, 6.45) is -3.97. The van der Waals surface area contributed by atoms with E-state index in [1.165, 1.54) is 16.4 Å². The summed E-state index contributed by atoms with van der Waals surface area (Å²) < 4.78 is 81.4. The number of benzene rings is 2. The zero-order chi connectivity index (χ0) is 30.7. The lowest BCUT2D eigenvalue weighted by Crippen LogP contribution is -2.60. The summed E-state index contributed by atoms with van der Waals surface area (Å²) in [4.78, 5) is 12.0. The smallest absolute Gasteiger partial charge is 0.452 e. The van der Waals surface area contributed by atoms with Crippen LogP contribution in [0.3, 0.4) is 0 Å². The average molecular weight is 637 g/mol. The molecule has 2 aromatic heterocycles. The maximum atomic E-state index is 13.8. The average Bonchev–Trinajstić information content (AvgIpc) is 3.34.